The highest BCUT2D eigenvalue weighted by molar-refractivity contribution is 9.10. The van der Waals surface area contributed by atoms with Gasteiger partial charge in [0.1, 0.15) is 10.8 Å². The summed E-state index contributed by atoms with van der Waals surface area (Å²) in [6.45, 7) is 0.0622. The predicted molar refractivity (Wildman–Crippen MR) is 67.1 cm³/mol. The molecule has 0 spiro atoms. The zero-order valence-electron chi connectivity index (χ0n) is 9.60. The Balaban J connectivity index is 1.84. The van der Waals surface area contributed by atoms with Gasteiger partial charge in [-0.2, -0.15) is 0 Å². The molecule has 0 aliphatic heterocycles. The number of sulfonamides is 1. The number of alkyl halides is 1. The standard InChI is InChI=1S/C10H14BrFN2O3S/c11-10-4-9(17-14-10)5-13-18(15,16)6-7-1-2-8(12)3-7/h4,7-8,13H,1-3,5-6H2. The van der Waals surface area contributed by atoms with Crippen molar-refractivity contribution in [2.24, 2.45) is 5.92 Å². The molecule has 102 valence electrons. The molecule has 0 aromatic carbocycles. The van der Waals surface area contributed by atoms with Crippen molar-refractivity contribution < 1.29 is 17.3 Å². The molecule has 2 unspecified atom stereocenters. The second kappa shape index (κ2) is 5.66. The first-order valence-electron chi connectivity index (χ1n) is 5.67. The molecule has 18 heavy (non-hydrogen) atoms. The van der Waals surface area contributed by atoms with Crippen LogP contribution >= 0.6 is 15.9 Å². The lowest BCUT2D eigenvalue weighted by molar-refractivity contribution is 0.334. The van der Waals surface area contributed by atoms with E-state index >= 15 is 0 Å². The van der Waals surface area contributed by atoms with E-state index < -0.39 is 16.2 Å². The molecular formula is C10H14BrFN2O3S. The Morgan fingerprint density at radius 1 is 1.56 bits per heavy atom. The zero-order chi connectivity index (χ0) is 13.2. The minimum Gasteiger partial charge on any atom is -0.359 e. The van der Waals surface area contributed by atoms with Crippen molar-refractivity contribution in [2.45, 2.75) is 32.0 Å². The van der Waals surface area contributed by atoms with Gasteiger partial charge in [0.2, 0.25) is 10.0 Å². The van der Waals surface area contributed by atoms with Crippen LogP contribution in [0.25, 0.3) is 0 Å². The molecule has 5 nitrogen and oxygen atoms in total. The smallest absolute Gasteiger partial charge is 0.212 e. The molecule has 1 N–H and O–H groups in total. The van der Waals surface area contributed by atoms with Crippen LogP contribution in [0.5, 0.6) is 0 Å². The van der Waals surface area contributed by atoms with E-state index in [1.165, 1.54) is 0 Å². The Labute approximate surface area is 113 Å². The predicted octanol–water partition coefficient (Wildman–Crippen LogP) is 1.99. The van der Waals surface area contributed by atoms with Crippen molar-refractivity contribution >= 4 is 26.0 Å². The summed E-state index contributed by atoms with van der Waals surface area (Å²) in [7, 11) is -3.40. The monoisotopic (exact) mass is 340 g/mol. The van der Waals surface area contributed by atoms with Gasteiger partial charge in [-0.3, -0.25) is 0 Å². The Bertz CT molecular complexity index is 505. The highest BCUT2D eigenvalue weighted by atomic mass is 79.9. The van der Waals surface area contributed by atoms with E-state index in [1.807, 2.05) is 0 Å². The highest BCUT2D eigenvalue weighted by Crippen LogP contribution is 2.28. The Morgan fingerprint density at radius 3 is 2.89 bits per heavy atom. The molecule has 1 aliphatic rings. The highest BCUT2D eigenvalue weighted by Gasteiger charge is 2.28. The number of halogens is 2. The largest absolute Gasteiger partial charge is 0.359 e. The summed E-state index contributed by atoms with van der Waals surface area (Å²) in [5.41, 5.74) is 0. The second-order valence-corrected chi connectivity index (χ2v) is 7.16. The molecule has 1 aromatic rings. The Hall–Kier alpha value is -0.470. The van der Waals surface area contributed by atoms with Crippen LogP contribution in [0.15, 0.2) is 15.2 Å². The van der Waals surface area contributed by atoms with Gasteiger partial charge in [0, 0.05) is 6.07 Å². The molecule has 8 heteroatoms. The Kier molecular flexibility index (Phi) is 4.39. The zero-order valence-corrected chi connectivity index (χ0v) is 12.0. The summed E-state index contributed by atoms with van der Waals surface area (Å²) >= 11 is 3.11. The summed E-state index contributed by atoms with van der Waals surface area (Å²) < 4.78 is 44.3. The van der Waals surface area contributed by atoms with Crippen LogP contribution in [-0.2, 0) is 16.6 Å². The van der Waals surface area contributed by atoms with Gasteiger partial charge in [-0.15, -0.1) is 0 Å². The molecule has 0 radical (unpaired) electrons. The summed E-state index contributed by atoms with van der Waals surface area (Å²) in [5, 5.41) is 3.59. The lowest BCUT2D eigenvalue weighted by atomic mass is 10.1. The summed E-state index contributed by atoms with van der Waals surface area (Å²) in [6, 6.07) is 1.59. The number of aromatic nitrogens is 1. The quantitative estimate of drug-likeness (QED) is 0.889. The van der Waals surface area contributed by atoms with Gasteiger partial charge in [0.05, 0.1) is 12.3 Å². The minimum atomic E-state index is -3.40. The molecule has 2 atom stereocenters. The summed E-state index contributed by atoms with van der Waals surface area (Å²) in [6.07, 6.45) is 0.593. The van der Waals surface area contributed by atoms with Gasteiger partial charge in [-0.1, -0.05) is 5.16 Å². The molecule has 1 saturated carbocycles. The lowest BCUT2D eigenvalue weighted by Crippen LogP contribution is -2.28. The van der Waals surface area contributed by atoms with Gasteiger partial charge >= 0.3 is 0 Å². The summed E-state index contributed by atoms with van der Waals surface area (Å²) in [4.78, 5) is 0. The van der Waals surface area contributed by atoms with Crippen molar-refractivity contribution in [2.75, 3.05) is 5.75 Å². The molecule has 1 aromatic heterocycles. The first-order valence-corrected chi connectivity index (χ1v) is 8.11. The van der Waals surface area contributed by atoms with E-state index in [4.69, 9.17) is 4.52 Å². The topological polar surface area (TPSA) is 72.2 Å². The van der Waals surface area contributed by atoms with Crippen molar-refractivity contribution in [3.63, 3.8) is 0 Å². The number of nitrogens with zero attached hydrogens (tertiary/aromatic N) is 1. The molecule has 1 fully saturated rings. The van der Waals surface area contributed by atoms with Crippen LogP contribution in [-0.4, -0.2) is 25.5 Å². The molecular weight excluding hydrogens is 327 g/mol. The average Bonchev–Trinajstić information content (AvgIpc) is 2.85. The van der Waals surface area contributed by atoms with Gasteiger partial charge in [0.15, 0.2) is 5.76 Å². The van der Waals surface area contributed by atoms with E-state index in [0.29, 0.717) is 29.6 Å². The van der Waals surface area contributed by atoms with E-state index in [9.17, 15) is 12.8 Å². The average molecular weight is 341 g/mol. The van der Waals surface area contributed by atoms with Crippen molar-refractivity contribution in [1.29, 1.82) is 0 Å². The molecule has 1 aliphatic carbocycles. The van der Waals surface area contributed by atoms with Gasteiger partial charge in [-0.25, -0.2) is 17.5 Å². The maximum atomic E-state index is 13.0. The number of hydrogen-bond donors (Lipinski definition) is 1. The van der Waals surface area contributed by atoms with Crippen molar-refractivity contribution in [3.8, 4) is 0 Å². The second-order valence-electron chi connectivity index (χ2n) is 4.49. The molecule has 0 saturated heterocycles. The normalized spacial score (nSPS) is 24.6. The van der Waals surface area contributed by atoms with Gasteiger partial charge in [-0.05, 0) is 41.1 Å². The van der Waals surface area contributed by atoms with E-state index in [1.54, 1.807) is 6.07 Å². The maximum absolute atomic E-state index is 13.0. The van der Waals surface area contributed by atoms with Gasteiger partial charge in [0.25, 0.3) is 0 Å². The Morgan fingerprint density at radius 2 is 2.33 bits per heavy atom. The van der Waals surface area contributed by atoms with Crippen molar-refractivity contribution in [1.82, 2.24) is 9.88 Å². The first kappa shape index (κ1) is 14.0. The van der Waals surface area contributed by atoms with E-state index in [-0.39, 0.29) is 18.2 Å². The van der Waals surface area contributed by atoms with Crippen molar-refractivity contribution in [3.05, 3.63) is 16.4 Å². The fraction of sp³-hybridized carbons (Fsp3) is 0.700. The van der Waals surface area contributed by atoms with Crippen LogP contribution < -0.4 is 4.72 Å². The number of rotatable bonds is 5. The molecule has 0 bridgehead atoms. The maximum Gasteiger partial charge on any atom is 0.212 e. The molecule has 0 amide bonds. The minimum absolute atomic E-state index is 0.0251. The third-order valence-corrected chi connectivity index (χ3v) is 4.80. The van der Waals surface area contributed by atoms with Crippen LogP contribution in [0.1, 0.15) is 25.0 Å². The number of hydrogen-bond acceptors (Lipinski definition) is 4. The van der Waals surface area contributed by atoms with E-state index in [0.717, 1.165) is 0 Å². The molecule has 1 heterocycles. The lowest BCUT2D eigenvalue weighted by Gasteiger charge is -2.09. The van der Waals surface area contributed by atoms with Gasteiger partial charge < -0.3 is 4.52 Å². The summed E-state index contributed by atoms with van der Waals surface area (Å²) in [5.74, 6) is 0.321. The third kappa shape index (κ3) is 4.03. The van der Waals surface area contributed by atoms with Crippen LogP contribution in [0.3, 0.4) is 0 Å². The fourth-order valence-corrected chi connectivity index (χ4v) is 3.82. The third-order valence-electron chi connectivity index (χ3n) is 2.93. The number of nitrogens with one attached hydrogen (secondary N) is 1. The fourth-order valence-electron chi connectivity index (χ4n) is 2.09. The SMILES string of the molecule is O=S(=O)(CC1CCC(F)C1)NCc1cc(Br)no1. The molecule has 2 rings (SSSR count). The van der Waals surface area contributed by atoms with Crippen LogP contribution in [0.2, 0.25) is 0 Å². The first-order chi connectivity index (χ1) is 8.44. The van der Waals surface area contributed by atoms with Crippen LogP contribution in [0.4, 0.5) is 4.39 Å². The van der Waals surface area contributed by atoms with E-state index in [2.05, 4.69) is 25.8 Å². The van der Waals surface area contributed by atoms with Crippen LogP contribution in [0, 0.1) is 5.92 Å².